The number of rotatable bonds is 5. The van der Waals surface area contributed by atoms with Gasteiger partial charge < -0.3 is 15.7 Å². The fraction of sp³-hybridized carbons (Fsp3) is 0.182. The second-order valence-corrected chi connectivity index (χ2v) is 7.19. The summed E-state index contributed by atoms with van der Waals surface area (Å²) in [6, 6.07) is 11.0. The normalized spacial score (nSPS) is 11.2. The van der Waals surface area contributed by atoms with Crippen molar-refractivity contribution in [2.75, 3.05) is 11.9 Å². The van der Waals surface area contributed by atoms with E-state index >= 15 is 0 Å². The molecule has 0 aliphatic rings. The van der Waals surface area contributed by atoms with E-state index in [-0.39, 0.29) is 17.3 Å². The lowest BCUT2D eigenvalue weighted by Crippen LogP contribution is -2.30. The molecule has 0 spiro atoms. The van der Waals surface area contributed by atoms with Crippen molar-refractivity contribution in [3.05, 3.63) is 76.2 Å². The molecule has 3 N–H and O–H groups in total. The Hall–Kier alpha value is -3.83. The van der Waals surface area contributed by atoms with E-state index in [2.05, 4.69) is 32.6 Å². The highest BCUT2D eigenvalue weighted by Crippen LogP contribution is 2.21. The van der Waals surface area contributed by atoms with E-state index in [1.807, 2.05) is 43.3 Å². The second-order valence-electron chi connectivity index (χ2n) is 6.78. The van der Waals surface area contributed by atoms with Gasteiger partial charge in [0.25, 0.3) is 5.91 Å². The molecule has 9 heteroatoms. The minimum Gasteiger partial charge on any atom is -0.465 e. The van der Waals surface area contributed by atoms with Gasteiger partial charge in [-0.1, -0.05) is 41.6 Å². The van der Waals surface area contributed by atoms with Gasteiger partial charge in [0, 0.05) is 23.9 Å². The number of carbonyl (C=O) groups excluding carboxylic acids is 1. The van der Waals surface area contributed by atoms with E-state index < -0.39 is 18.0 Å². The first-order chi connectivity index (χ1) is 14.8. The standard InChI is InChI=1S/C22H20ClN5O3/c1-14-10-17(9-8-16-6-4-3-5-7-16)12-24-20(14)27-21(29)19-18(23)13-26-28(19)15(2)11-25-22(30)31/h3-7,10,12-13,15,25H,11H2,1-2H3,(H,30,31)(H,24,27,29). The first kappa shape index (κ1) is 21.9. The Morgan fingerprint density at radius 1 is 1.19 bits per heavy atom. The SMILES string of the molecule is Cc1cc(C#Cc2ccccc2)cnc1NC(=O)c1c(Cl)cnn1C(C)CNC(=O)O. The van der Waals surface area contributed by atoms with E-state index in [1.165, 1.54) is 10.9 Å². The number of benzene rings is 1. The molecule has 2 aromatic heterocycles. The number of hydrogen-bond donors (Lipinski definition) is 3. The van der Waals surface area contributed by atoms with E-state index in [0.29, 0.717) is 5.82 Å². The number of aromatic nitrogens is 3. The monoisotopic (exact) mass is 437 g/mol. The Morgan fingerprint density at radius 2 is 1.90 bits per heavy atom. The highest BCUT2D eigenvalue weighted by molar-refractivity contribution is 6.34. The number of nitrogens with one attached hydrogen (secondary N) is 2. The van der Waals surface area contributed by atoms with E-state index in [9.17, 15) is 9.59 Å². The van der Waals surface area contributed by atoms with E-state index in [0.717, 1.165) is 16.7 Å². The van der Waals surface area contributed by atoms with Crippen LogP contribution in [0.2, 0.25) is 5.02 Å². The predicted octanol–water partition coefficient (Wildman–Crippen LogP) is 3.72. The van der Waals surface area contributed by atoms with Gasteiger partial charge in [0.1, 0.15) is 11.5 Å². The maximum Gasteiger partial charge on any atom is 0.404 e. The average molecular weight is 438 g/mol. The Labute approximate surface area is 184 Å². The minimum atomic E-state index is -1.16. The van der Waals surface area contributed by atoms with Gasteiger partial charge in [0.05, 0.1) is 17.3 Å². The van der Waals surface area contributed by atoms with Crippen molar-refractivity contribution in [3.8, 4) is 11.8 Å². The fourth-order valence-electron chi connectivity index (χ4n) is 2.82. The van der Waals surface area contributed by atoms with Crippen LogP contribution in [0.3, 0.4) is 0 Å². The number of amides is 2. The lowest BCUT2D eigenvalue weighted by molar-refractivity contribution is 0.101. The van der Waals surface area contributed by atoms with Crippen LogP contribution in [0.4, 0.5) is 10.6 Å². The molecule has 3 rings (SSSR count). The molecule has 0 saturated carbocycles. The zero-order valence-electron chi connectivity index (χ0n) is 16.9. The zero-order chi connectivity index (χ0) is 22.4. The molecule has 0 bridgehead atoms. The van der Waals surface area contributed by atoms with E-state index in [4.69, 9.17) is 16.7 Å². The Balaban J connectivity index is 1.76. The van der Waals surface area contributed by atoms with Crippen LogP contribution in [0.15, 0.2) is 48.8 Å². The molecular formula is C22H20ClN5O3. The topological polar surface area (TPSA) is 109 Å². The molecule has 1 atom stereocenters. The van der Waals surface area contributed by atoms with Gasteiger partial charge in [0.15, 0.2) is 0 Å². The first-order valence-corrected chi connectivity index (χ1v) is 9.78. The molecule has 3 aromatic rings. The number of hydrogen-bond acceptors (Lipinski definition) is 4. The van der Waals surface area contributed by atoms with Crippen molar-refractivity contribution in [2.45, 2.75) is 19.9 Å². The summed E-state index contributed by atoms with van der Waals surface area (Å²) in [5.74, 6) is 5.99. The van der Waals surface area contributed by atoms with Crippen molar-refractivity contribution < 1.29 is 14.7 Å². The van der Waals surface area contributed by atoms with Crippen molar-refractivity contribution in [3.63, 3.8) is 0 Å². The maximum atomic E-state index is 12.8. The molecule has 0 aliphatic heterocycles. The van der Waals surface area contributed by atoms with Crippen LogP contribution in [0.1, 0.15) is 40.1 Å². The number of anilines is 1. The fourth-order valence-corrected chi connectivity index (χ4v) is 3.03. The summed E-state index contributed by atoms with van der Waals surface area (Å²) in [5, 5.41) is 18.0. The number of carbonyl (C=O) groups is 2. The van der Waals surface area contributed by atoms with Crippen molar-refractivity contribution in [1.82, 2.24) is 20.1 Å². The third-order valence-electron chi connectivity index (χ3n) is 4.37. The average Bonchev–Trinajstić information content (AvgIpc) is 3.14. The van der Waals surface area contributed by atoms with E-state index in [1.54, 1.807) is 13.1 Å². The highest BCUT2D eigenvalue weighted by atomic mass is 35.5. The van der Waals surface area contributed by atoms with Crippen LogP contribution >= 0.6 is 11.6 Å². The largest absolute Gasteiger partial charge is 0.465 e. The van der Waals surface area contributed by atoms with Gasteiger partial charge in [-0.25, -0.2) is 9.78 Å². The zero-order valence-corrected chi connectivity index (χ0v) is 17.6. The summed E-state index contributed by atoms with van der Waals surface area (Å²) < 4.78 is 1.38. The third kappa shape index (κ3) is 5.62. The van der Waals surface area contributed by atoms with Gasteiger partial charge in [-0.2, -0.15) is 5.10 Å². The van der Waals surface area contributed by atoms with Crippen molar-refractivity contribution >= 4 is 29.4 Å². The predicted molar refractivity (Wildman–Crippen MR) is 117 cm³/mol. The van der Waals surface area contributed by atoms with Gasteiger partial charge >= 0.3 is 6.09 Å². The number of aryl methyl sites for hydroxylation is 1. The van der Waals surface area contributed by atoms with Crippen LogP contribution in [-0.2, 0) is 0 Å². The molecule has 0 saturated heterocycles. The maximum absolute atomic E-state index is 12.8. The molecule has 158 valence electrons. The van der Waals surface area contributed by atoms with Crippen LogP contribution in [-0.4, -0.2) is 38.4 Å². The van der Waals surface area contributed by atoms with Crippen molar-refractivity contribution in [2.24, 2.45) is 0 Å². The Kier molecular flexibility index (Phi) is 6.90. The number of carboxylic acid groups (broad SMARTS) is 1. The number of pyridine rings is 1. The van der Waals surface area contributed by atoms with Gasteiger partial charge in [0.2, 0.25) is 0 Å². The van der Waals surface area contributed by atoms with Crippen LogP contribution in [0.25, 0.3) is 0 Å². The first-order valence-electron chi connectivity index (χ1n) is 9.40. The number of nitrogens with zero attached hydrogens (tertiary/aromatic N) is 3. The van der Waals surface area contributed by atoms with Gasteiger partial charge in [-0.15, -0.1) is 0 Å². The highest BCUT2D eigenvalue weighted by Gasteiger charge is 2.22. The lowest BCUT2D eigenvalue weighted by Gasteiger charge is -2.16. The Morgan fingerprint density at radius 3 is 2.58 bits per heavy atom. The van der Waals surface area contributed by atoms with Gasteiger partial charge in [-0.3, -0.25) is 9.48 Å². The lowest BCUT2D eigenvalue weighted by atomic mass is 10.1. The number of halogens is 1. The summed E-state index contributed by atoms with van der Waals surface area (Å²) >= 11 is 6.16. The van der Waals surface area contributed by atoms with Crippen molar-refractivity contribution in [1.29, 1.82) is 0 Å². The summed E-state index contributed by atoms with van der Waals surface area (Å²) in [5.41, 5.74) is 2.47. The molecule has 1 aromatic carbocycles. The van der Waals surface area contributed by atoms with Crippen LogP contribution < -0.4 is 10.6 Å². The van der Waals surface area contributed by atoms with Crippen LogP contribution in [0.5, 0.6) is 0 Å². The molecule has 0 aliphatic carbocycles. The molecule has 2 heterocycles. The second kappa shape index (κ2) is 9.78. The molecular weight excluding hydrogens is 418 g/mol. The third-order valence-corrected chi connectivity index (χ3v) is 4.64. The molecule has 0 radical (unpaired) electrons. The smallest absolute Gasteiger partial charge is 0.404 e. The quantitative estimate of drug-likeness (QED) is 0.527. The minimum absolute atomic E-state index is 0.0691. The summed E-state index contributed by atoms with van der Waals surface area (Å²) in [4.78, 5) is 27.9. The molecule has 1 unspecified atom stereocenters. The van der Waals surface area contributed by atoms with Crippen LogP contribution in [0, 0.1) is 18.8 Å². The summed E-state index contributed by atoms with van der Waals surface area (Å²) in [7, 11) is 0. The Bertz CT molecular complexity index is 1160. The van der Waals surface area contributed by atoms with Gasteiger partial charge in [-0.05, 0) is 37.6 Å². The summed E-state index contributed by atoms with van der Waals surface area (Å²) in [6.45, 7) is 3.61. The molecule has 2 amide bonds. The molecule has 8 nitrogen and oxygen atoms in total. The summed E-state index contributed by atoms with van der Waals surface area (Å²) in [6.07, 6.45) is 1.76. The molecule has 0 fully saturated rings. The molecule has 31 heavy (non-hydrogen) atoms.